The molecule has 31 heavy (non-hydrogen) atoms. The first-order valence-corrected chi connectivity index (χ1v) is 11.4. The summed E-state index contributed by atoms with van der Waals surface area (Å²) in [6.45, 7) is 3.38. The van der Waals surface area contributed by atoms with Crippen molar-refractivity contribution in [2.75, 3.05) is 0 Å². The number of aryl methyl sites for hydroxylation is 2. The highest BCUT2D eigenvalue weighted by Crippen LogP contribution is 2.38. The molecule has 0 saturated heterocycles. The summed E-state index contributed by atoms with van der Waals surface area (Å²) in [7, 11) is 2.16. The Bertz CT molecular complexity index is 1460. The summed E-state index contributed by atoms with van der Waals surface area (Å²) in [4.78, 5) is 5.21. The molecular formula is C27H22N2OS. The Morgan fingerprint density at radius 2 is 1.84 bits per heavy atom. The molecule has 0 aliphatic carbocycles. The smallest absolute Gasteiger partial charge is 0.0814 e. The van der Waals surface area contributed by atoms with Crippen molar-refractivity contribution >= 4 is 44.5 Å². The van der Waals surface area contributed by atoms with Crippen molar-refractivity contribution in [3.63, 3.8) is 0 Å². The van der Waals surface area contributed by atoms with Crippen LogP contribution in [0.25, 0.3) is 21.8 Å². The maximum Gasteiger partial charge on any atom is 0.0814 e. The molecule has 0 N–H and O–H groups in total. The minimum atomic E-state index is 0.624. The number of ether oxygens (including phenoxy) is 1. The molecule has 0 atom stereocenters. The van der Waals surface area contributed by atoms with Gasteiger partial charge in [0.2, 0.25) is 0 Å². The monoisotopic (exact) mass is 422 g/mol. The van der Waals surface area contributed by atoms with Gasteiger partial charge in [0.25, 0.3) is 0 Å². The van der Waals surface area contributed by atoms with E-state index in [1.807, 2.05) is 0 Å². The first-order valence-electron chi connectivity index (χ1n) is 10.5. The van der Waals surface area contributed by atoms with Gasteiger partial charge in [-0.05, 0) is 53.8 Å². The van der Waals surface area contributed by atoms with Gasteiger partial charge in [0.05, 0.1) is 30.1 Å². The van der Waals surface area contributed by atoms with Crippen molar-refractivity contribution in [3.8, 4) is 0 Å². The van der Waals surface area contributed by atoms with E-state index in [1.165, 1.54) is 44.1 Å². The van der Waals surface area contributed by atoms with Crippen LogP contribution in [0.2, 0.25) is 0 Å². The first kappa shape index (κ1) is 18.6. The fourth-order valence-corrected chi connectivity index (χ4v) is 5.30. The van der Waals surface area contributed by atoms with Gasteiger partial charge in [0, 0.05) is 39.8 Å². The van der Waals surface area contributed by atoms with Gasteiger partial charge >= 0.3 is 0 Å². The quantitative estimate of drug-likeness (QED) is 0.290. The molecule has 3 nitrogen and oxygen atoms in total. The van der Waals surface area contributed by atoms with E-state index in [2.05, 4.69) is 90.0 Å². The highest BCUT2D eigenvalue weighted by Gasteiger charge is 2.26. The van der Waals surface area contributed by atoms with E-state index in [0.29, 0.717) is 13.2 Å². The van der Waals surface area contributed by atoms with E-state index in [4.69, 9.17) is 9.73 Å². The number of aromatic nitrogens is 1. The van der Waals surface area contributed by atoms with Crippen LogP contribution in [0, 0.1) is 6.92 Å². The maximum atomic E-state index is 5.92. The van der Waals surface area contributed by atoms with Crippen LogP contribution in [0.15, 0.2) is 76.4 Å². The molecule has 3 heterocycles. The SMILES string of the molecule is Cc1ccc(N=C(c2ccsc2)c2c3c(cc4c5ccccc5n(C)c24)COC3)cc1. The second-order valence-electron chi connectivity index (χ2n) is 8.16. The lowest BCUT2D eigenvalue weighted by atomic mass is 9.93. The van der Waals surface area contributed by atoms with Crippen LogP contribution in [0.4, 0.5) is 5.69 Å². The van der Waals surface area contributed by atoms with Crippen LogP contribution in [0.5, 0.6) is 0 Å². The lowest BCUT2D eigenvalue weighted by Gasteiger charge is -2.14. The summed E-state index contributed by atoms with van der Waals surface area (Å²) in [6, 6.07) is 21.6. The van der Waals surface area contributed by atoms with Gasteiger partial charge in [-0.1, -0.05) is 35.9 Å². The molecule has 1 aliphatic heterocycles. The predicted octanol–water partition coefficient (Wildman–Crippen LogP) is 6.90. The lowest BCUT2D eigenvalue weighted by molar-refractivity contribution is 0.134. The molecule has 0 unspecified atom stereocenters. The zero-order chi connectivity index (χ0) is 20.9. The third-order valence-electron chi connectivity index (χ3n) is 6.20. The molecule has 0 fully saturated rings. The highest BCUT2D eigenvalue weighted by atomic mass is 32.1. The summed E-state index contributed by atoms with van der Waals surface area (Å²) >= 11 is 1.70. The second kappa shape index (κ2) is 7.19. The number of para-hydroxylation sites is 1. The number of aliphatic imine (C=N–C) groups is 1. The molecule has 0 saturated carbocycles. The molecule has 152 valence electrons. The Hall–Kier alpha value is -3.21. The van der Waals surface area contributed by atoms with Crippen molar-refractivity contribution in [2.45, 2.75) is 20.1 Å². The normalized spacial score (nSPS) is 13.9. The van der Waals surface area contributed by atoms with Crippen LogP contribution >= 0.6 is 11.3 Å². The van der Waals surface area contributed by atoms with E-state index < -0.39 is 0 Å². The van der Waals surface area contributed by atoms with Gasteiger partial charge in [-0.3, -0.25) is 0 Å². The zero-order valence-electron chi connectivity index (χ0n) is 17.6. The van der Waals surface area contributed by atoms with E-state index in [0.717, 1.165) is 17.0 Å². The summed E-state index contributed by atoms with van der Waals surface area (Å²) in [5, 5.41) is 6.86. The number of benzene rings is 3. The van der Waals surface area contributed by atoms with E-state index in [-0.39, 0.29) is 0 Å². The Labute approximate surface area is 185 Å². The van der Waals surface area contributed by atoms with Gasteiger partial charge in [-0.15, -0.1) is 0 Å². The van der Waals surface area contributed by atoms with Crippen LogP contribution in [0.3, 0.4) is 0 Å². The molecule has 0 radical (unpaired) electrons. The topological polar surface area (TPSA) is 26.5 Å². The summed E-state index contributed by atoms with van der Waals surface area (Å²) in [6.07, 6.45) is 0. The van der Waals surface area contributed by atoms with Crippen molar-refractivity contribution < 1.29 is 4.74 Å². The van der Waals surface area contributed by atoms with Crippen LogP contribution in [0.1, 0.15) is 27.8 Å². The predicted molar refractivity (Wildman–Crippen MR) is 130 cm³/mol. The van der Waals surface area contributed by atoms with Crippen molar-refractivity contribution in [3.05, 3.63) is 99.2 Å². The highest BCUT2D eigenvalue weighted by molar-refractivity contribution is 7.08. The van der Waals surface area contributed by atoms with E-state index in [9.17, 15) is 0 Å². The fourth-order valence-electron chi connectivity index (χ4n) is 4.66. The molecule has 4 heteroatoms. The third-order valence-corrected chi connectivity index (χ3v) is 6.88. The van der Waals surface area contributed by atoms with Gasteiger partial charge < -0.3 is 9.30 Å². The van der Waals surface area contributed by atoms with Gasteiger partial charge in [-0.25, -0.2) is 4.99 Å². The molecule has 6 rings (SSSR count). The second-order valence-corrected chi connectivity index (χ2v) is 8.94. The number of hydrogen-bond acceptors (Lipinski definition) is 3. The number of thiophene rings is 1. The molecule has 2 aromatic heterocycles. The molecule has 0 bridgehead atoms. The Morgan fingerprint density at radius 1 is 1.00 bits per heavy atom. The standard InChI is InChI=1S/C27H22N2OS/c1-17-7-9-20(10-8-17)28-26(18-11-12-31-16-18)25-23-15-30-14-19(23)13-22-21-5-3-4-6-24(21)29(2)27(22)25/h3-13,16H,14-15H2,1-2H3. The van der Waals surface area contributed by atoms with Gasteiger partial charge in [-0.2, -0.15) is 11.3 Å². The number of hydrogen-bond donors (Lipinski definition) is 0. The van der Waals surface area contributed by atoms with E-state index in [1.54, 1.807) is 11.3 Å². The molecule has 5 aromatic rings. The number of rotatable bonds is 3. The number of fused-ring (bicyclic) bond motifs is 4. The Morgan fingerprint density at radius 3 is 2.65 bits per heavy atom. The molecule has 0 amide bonds. The molecule has 1 aliphatic rings. The fraction of sp³-hybridized carbons (Fsp3) is 0.148. The van der Waals surface area contributed by atoms with Crippen molar-refractivity contribution in [1.29, 1.82) is 0 Å². The van der Waals surface area contributed by atoms with Gasteiger partial charge in [0.15, 0.2) is 0 Å². The third kappa shape index (κ3) is 2.94. The Balaban J connectivity index is 1.74. The molecular weight excluding hydrogens is 400 g/mol. The van der Waals surface area contributed by atoms with Crippen molar-refractivity contribution in [2.24, 2.45) is 12.0 Å². The van der Waals surface area contributed by atoms with Crippen LogP contribution in [-0.4, -0.2) is 10.3 Å². The van der Waals surface area contributed by atoms with Crippen LogP contribution in [-0.2, 0) is 25.0 Å². The molecule has 3 aromatic carbocycles. The Kier molecular flexibility index (Phi) is 4.30. The van der Waals surface area contributed by atoms with E-state index >= 15 is 0 Å². The summed E-state index contributed by atoms with van der Waals surface area (Å²) in [5.41, 5.74) is 10.6. The zero-order valence-corrected chi connectivity index (χ0v) is 18.4. The lowest BCUT2D eigenvalue weighted by Crippen LogP contribution is -2.09. The van der Waals surface area contributed by atoms with Crippen molar-refractivity contribution in [1.82, 2.24) is 4.57 Å². The average Bonchev–Trinajstić information content (AvgIpc) is 3.53. The first-order chi connectivity index (χ1) is 15.2. The maximum absolute atomic E-state index is 5.92. The number of nitrogens with zero attached hydrogens (tertiary/aromatic N) is 2. The molecule has 0 spiro atoms. The largest absolute Gasteiger partial charge is 0.372 e. The summed E-state index contributed by atoms with van der Waals surface area (Å²) < 4.78 is 8.24. The minimum Gasteiger partial charge on any atom is -0.372 e. The van der Waals surface area contributed by atoms with Gasteiger partial charge in [0.1, 0.15) is 0 Å². The summed E-state index contributed by atoms with van der Waals surface area (Å²) in [5.74, 6) is 0. The minimum absolute atomic E-state index is 0.624. The van der Waals surface area contributed by atoms with Crippen LogP contribution < -0.4 is 0 Å². The average molecular weight is 423 g/mol.